The van der Waals surface area contributed by atoms with Crippen LogP contribution in [0.1, 0.15) is 258 Å². The van der Waals surface area contributed by atoms with Gasteiger partial charge in [-0.2, -0.15) is 0 Å². The third-order valence-corrected chi connectivity index (χ3v) is 12.2. The van der Waals surface area contributed by atoms with Crippen molar-refractivity contribution in [1.82, 2.24) is 10.2 Å². The van der Waals surface area contributed by atoms with Crippen molar-refractivity contribution in [2.24, 2.45) is 0 Å². The van der Waals surface area contributed by atoms with E-state index in [4.69, 9.17) is 14.2 Å². The van der Waals surface area contributed by atoms with E-state index in [-0.39, 0.29) is 38.2 Å². The molecule has 0 aliphatic carbocycles. The molecule has 0 radical (unpaired) electrons. The fraction of sp³-hybridized carbons (Fsp3) is 0.836. The SMILES string of the molecule is C.CCCCCCCCCOC(=O)CCCCCCCN(CCCCCCCC(=O)OC(CCCCCCCC)CCCCCCCC)CCCCNC(=O)OCc1ccccc1. The number of rotatable bonds is 46. The first-order valence-corrected chi connectivity index (χ1v) is 26.5. The van der Waals surface area contributed by atoms with E-state index >= 15 is 0 Å². The standard InChI is InChI=1S/C54H98N2O6.CH4/c1-4-7-10-13-16-25-37-48-60-52(57)42-31-21-17-23-34-45-56(47-36-33-44-55-54(59)61-49-50-38-27-26-28-39-50)46-35-24-18-22-32-43-53(58)62-51(40-29-19-14-11-8-5-2)41-30-20-15-12-9-6-3;/h26-28,38-39,51H,4-25,29-37,40-49H2,1-3H3,(H,55,59);1H4. The van der Waals surface area contributed by atoms with Crippen LogP contribution in [0, 0.1) is 0 Å². The van der Waals surface area contributed by atoms with Crippen molar-refractivity contribution in [3.05, 3.63) is 35.9 Å². The fourth-order valence-electron chi connectivity index (χ4n) is 8.16. The number of alkyl carbamates (subject to hydrolysis) is 1. The van der Waals surface area contributed by atoms with Gasteiger partial charge >= 0.3 is 18.0 Å². The van der Waals surface area contributed by atoms with Gasteiger partial charge in [0.25, 0.3) is 0 Å². The van der Waals surface area contributed by atoms with E-state index in [9.17, 15) is 14.4 Å². The maximum atomic E-state index is 12.9. The number of hydrogen-bond acceptors (Lipinski definition) is 7. The Labute approximate surface area is 389 Å². The van der Waals surface area contributed by atoms with Crippen LogP contribution in [0.25, 0.3) is 0 Å². The zero-order valence-electron chi connectivity index (χ0n) is 40.9. The van der Waals surface area contributed by atoms with Crippen molar-refractivity contribution in [3.63, 3.8) is 0 Å². The molecule has 63 heavy (non-hydrogen) atoms. The maximum absolute atomic E-state index is 12.9. The summed E-state index contributed by atoms with van der Waals surface area (Å²) >= 11 is 0. The molecule has 0 aliphatic rings. The molecule has 0 bridgehead atoms. The van der Waals surface area contributed by atoms with Crippen molar-refractivity contribution < 1.29 is 28.6 Å². The molecule has 1 aromatic rings. The van der Waals surface area contributed by atoms with Gasteiger partial charge in [-0.3, -0.25) is 9.59 Å². The zero-order chi connectivity index (χ0) is 44.8. The quantitative estimate of drug-likeness (QED) is 0.0396. The van der Waals surface area contributed by atoms with Crippen LogP contribution >= 0.6 is 0 Å². The van der Waals surface area contributed by atoms with Gasteiger partial charge < -0.3 is 24.4 Å². The van der Waals surface area contributed by atoms with Crippen molar-refractivity contribution in [3.8, 4) is 0 Å². The predicted molar refractivity (Wildman–Crippen MR) is 267 cm³/mol. The van der Waals surface area contributed by atoms with Crippen LogP contribution in [0.5, 0.6) is 0 Å². The molecule has 8 heteroatoms. The molecule has 1 N–H and O–H groups in total. The Morgan fingerprint density at radius 3 is 1.44 bits per heavy atom. The van der Waals surface area contributed by atoms with Crippen LogP contribution in [-0.2, 0) is 30.4 Å². The second kappa shape index (κ2) is 47.4. The first kappa shape index (κ1) is 60.4. The van der Waals surface area contributed by atoms with Crippen molar-refractivity contribution in [1.29, 1.82) is 0 Å². The second-order valence-corrected chi connectivity index (χ2v) is 18.1. The summed E-state index contributed by atoms with van der Waals surface area (Å²) in [6, 6.07) is 9.76. The monoisotopic (exact) mass is 887 g/mol. The topological polar surface area (TPSA) is 94.2 Å². The van der Waals surface area contributed by atoms with Crippen LogP contribution in [0.3, 0.4) is 0 Å². The molecule has 1 aromatic carbocycles. The van der Waals surface area contributed by atoms with Gasteiger partial charge in [0.2, 0.25) is 0 Å². The summed E-state index contributed by atoms with van der Waals surface area (Å²) in [5.74, 6) is -0.0249. The third kappa shape index (κ3) is 41.8. The highest BCUT2D eigenvalue weighted by atomic mass is 16.6. The molecule has 0 spiro atoms. The minimum Gasteiger partial charge on any atom is -0.466 e. The molecule has 368 valence electrons. The normalized spacial score (nSPS) is 11.2. The highest BCUT2D eigenvalue weighted by molar-refractivity contribution is 5.69. The van der Waals surface area contributed by atoms with Gasteiger partial charge in [-0.1, -0.05) is 200 Å². The lowest BCUT2D eigenvalue weighted by Crippen LogP contribution is -2.29. The van der Waals surface area contributed by atoms with Gasteiger partial charge in [0.05, 0.1) is 6.61 Å². The summed E-state index contributed by atoms with van der Waals surface area (Å²) in [7, 11) is 0. The van der Waals surface area contributed by atoms with Crippen molar-refractivity contribution in [2.45, 2.75) is 266 Å². The molecule has 0 saturated heterocycles. The van der Waals surface area contributed by atoms with E-state index in [0.29, 0.717) is 26.0 Å². The molecule has 0 unspecified atom stereocenters. The van der Waals surface area contributed by atoms with E-state index < -0.39 is 0 Å². The fourth-order valence-corrected chi connectivity index (χ4v) is 8.16. The minimum atomic E-state index is -0.360. The number of esters is 2. The second-order valence-electron chi connectivity index (χ2n) is 18.1. The lowest BCUT2D eigenvalue weighted by molar-refractivity contribution is -0.150. The molecular weight excluding hydrogens is 785 g/mol. The number of amides is 1. The Morgan fingerprint density at radius 1 is 0.492 bits per heavy atom. The van der Waals surface area contributed by atoms with E-state index in [1.165, 1.54) is 122 Å². The van der Waals surface area contributed by atoms with Gasteiger partial charge in [-0.15, -0.1) is 0 Å². The predicted octanol–water partition coefficient (Wildman–Crippen LogP) is 16.0. The lowest BCUT2D eigenvalue weighted by atomic mass is 10.0. The number of unbranched alkanes of at least 4 members (excludes halogenated alkanes) is 25. The zero-order valence-corrected chi connectivity index (χ0v) is 40.9. The average Bonchev–Trinajstić information content (AvgIpc) is 3.27. The minimum absolute atomic E-state index is 0. The maximum Gasteiger partial charge on any atom is 0.407 e. The Bertz CT molecular complexity index is 1120. The highest BCUT2D eigenvalue weighted by Gasteiger charge is 2.15. The summed E-state index contributed by atoms with van der Waals surface area (Å²) in [5, 5.41) is 2.91. The molecule has 0 atom stereocenters. The summed E-state index contributed by atoms with van der Waals surface area (Å²) in [6.07, 6.45) is 39.7. The Kier molecular flexibility index (Phi) is 45.4. The third-order valence-electron chi connectivity index (χ3n) is 12.2. The Morgan fingerprint density at radius 2 is 0.921 bits per heavy atom. The number of nitrogens with one attached hydrogen (secondary N) is 1. The first-order chi connectivity index (χ1) is 30.5. The number of hydrogen-bond donors (Lipinski definition) is 1. The number of ether oxygens (including phenoxy) is 3. The summed E-state index contributed by atoms with van der Waals surface area (Å²) in [5.41, 5.74) is 0.985. The van der Waals surface area contributed by atoms with Gasteiger partial charge in [0, 0.05) is 19.4 Å². The smallest absolute Gasteiger partial charge is 0.407 e. The van der Waals surface area contributed by atoms with Gasteiger partial charge in [-0.05, 0) is 95.8 Å². The number of benzene rings is 1. The summed E-state index contributed by atoms with van der Waals surface area (Å²) in [4.78, 5) is 39.8. The largest absolute Gasteiger partial charge is 0.466 e. The van der Waals surface area contributed by atoms with E-state index in [1.54, 1.807) is 0 Å². The molecule has 8 nitrogen and oxygen atoms in total. The Balaban J connectivity index is 0.0000384. The van der Waals surface area contributed by atoms with Gasteiger partial charge in [0.15, 0.2) is 0 Å². The summed E-state index contributed by atoms with van der Waals surface area (Å²) < 4.78 is 16.9. The van der Waals surface area contributed by atoms with E-state index in [1.807, 2.05) is 30.3 Å². The van der Waals surface area contributed by atoms with Crippen LogP contribution in [0.2, 0.25) is 0 Å². The van der Waals surface area contributed by atoms with Crippen molar-refractivity contribution >= 4 is 18.0 Å². The molecule has 1 rings (SSSR count). The number of carbonyl (C=O) groups excluding carboxylic acids is 3. The van der Waals surface area contributed by atoms with E-state index in [0.717, 1.165) is 115 Å². The summed E-state index contributed by atoms with van der Waals surface area (Å²) in [6.45, 7) is 11.4. The molecule has 0 heterocycles. The average molecular weight is 887 g/mol. The lowest BCUT2D eigenvalue weighted by Gasteiger charge is -2.22. The van der Waals surface area contributed by atoms with Crippen molar-refractivity contribution in [2.75, 3.05) is 32.8 Å². The molecule has 0 saturated carbocycles. The van der Waals surface area contributed by atoms with Crippen LogP contribution in [-0.4, -0.2) is 61.8 Å². The highest BCUT2D eigenvalue weighted by Crippen LogP contribution is 2.19. The number of carbonyl (C=O) groups is 3. The Hall–Kier alpha value is -2.61. The molecule has 0 aromatic heterocycles. The van der Waals surface area contributed by atoms with Crippen LogP contribution < -0.4 is 5.32 Å². The number of nitrogens with zero attached hydrogens (tertiary/aromatic N) is 1. The molecule has 0 aliphatic heterocycles. The van der Waals surface area contributed by atoms with E-state index in [2.05, 4.69) is 31.0 Å². The van der Waals surface area contributed by atoms with Gasteiger partial charge in [0.1, 0.15) is 12.7 Å². The molecule has 1 amide bonds. The first-order valence-electron chi connectivity index (χ1n) is 26.5. The molecule has 0 fully saturated rings. The molecular formula is C55H102N2O6. The van der Waals surface area contributed by atoms with Gasteiger partial charge in [-0.25, -0.2) is 4.79 Å². The van der Waals surface area contributed by atoms with Crippen LogP contribution in [0.15, 0.2) is 30.3 Å². The van der Waals surface area contributed by atoms with Crippen LogP contribution in [0.4, 0.5) is 4.79 Å².